The molecule has 0 radical (unpaired) electrons. The maximum absolute atomic E-state index is 10.5. The summed E-state index contributed by atoms with van der Waals surface area (Å²) in [6.45, 7) is 0. The van der Waals surface area contributed by atoms with Crippen LogP contribution in [0.3, 0.4) is 0 Å². The Balaban J connectivity index is 2.47. The van der Waals surface area contributed by atoms with E-state index in [-0.39, 0.29) is 11.8 Å². The van der Waals surface area contributed by atoms with Gasteiger partial charge in [-0.2, -0.15) is 0 Å². The van der Waals surface area contributed by atoms with E-state index < -0.39 is 0 Å². The van der Waals surface area contributed by atoms with Gasteiger partial charge in [0.1, 0.15) is 18.1 Å². The Hall–Kier alpha value is -1.55. The Morgan fingerprint density at radius 1 is 1.50 bits per heavy atom. The zero-order valence-corrected chi connectivity index (χ0v) is 6.24. The van der Waals surface area contributed by atoms with Crippen molar-refractivity contribution in [3.8, 4) is 5.75 Å². The highest BCUT2D eigenvalue weighted by atomic mass is 16.3. The summed E-state index contributed by atoms with van der Waals surface area (Å²) in [5.74, 6) is 0.189. The van der Waals surface area contributed by atoms with Crippen molar-refractivity contribution in [3.63, 3.8) is 0 Å². The lowest BCUT2D eigenvalue weighted by Crippen LogP contribution is -2.19. The molecule has 12 heavy (non-hydrogen) atoms. The molecule has 3 N–H and O–H groups in total. The van der Waals surface area contributed by atoms with Gasteiger partial charge < -0.3 is 15.3 Å². The first-order valence-electron chi connectivity index (χ1n) is 3.61. The number of fused-ring (bicyclic) bond motifs is 1. The van der Waals surface area contributed by atoms with Crippen molar-refractivity contribution < 1.29 is 9.90 Å². The largest absolute Gasteiger partial charge is 0.508 e. The average Bonchev–Trinajstić information content (AvgIpc) is 2.46. The summed E-state index contributed by atoms with van der Waals surface area (Å²) in [7, 11) is 0. The highest BCUT2D eigenvalue weighted by Gasteiger charge is 2.20. The first kappa shape index (κ1) is 7.12. The molecule has 0 amide bonds. The topological polar surface area (TPSA) is 61.4 Å². The maximum Gasteiger partial charge on any atom is 0.143 e. The van der Waals surface area contributed by atoms with Crippen LogP contribution in [0, 0.1) is 0 Å². The third kappa shape index (κ3) is 0.931. The number of hydrogen-bond acceptors (Lipinski definition) is 4. The summed E-state index contributed by atoms with van der Waals surface area (Å²) in [6, 6.07) is 4.55. The van der Waals surface area contributed by atoms with Crippen molar-refractivity contribution in [2.45, 2.75) is 6.04 Å². The number of aromatic hydroxyl groups is 1. The van der Waals surface area contributed by atoms with Gasteiger partial charge in [0.2, 0.25) is 0 Å². The molecule has 0 aromatic heterocycles. The molecule has 1 aromatic carbocycles. The van der Waals surface area contributed by atoms with E-state index in [1.807, 2.05) is 0 Å². The second kappa shape index (κ2) is 2.49. The monoisotopic (exact) mass is 164 g/mol. The van der Waals surface area contributed by atoms with E-state index in [1.54, 1.807) is 18.2 Å². The van der Waals surface area contributed by atoms with E-state index in [2.05, 4.69) is 10.9 Å². The Morgan fingerprint density at radius 3 is 3.08 bits per heavy atom. The molecule has 0 bridgehead atoms. The molecule has 1 aliphatic heterocycles. The number of anilines is 1. The molecular weight excluding hydrogens is 156 g/mol. The molecule has 0 saturated heterocycles. The quantitative estimate of drug-likeness (QED) is 0.531. The number of hydrazine groups is 1. The van der Waals surface area contributed by atoms with Gasteiger partial charge in [-0.3, -0.25) is 0 Å². The van der Waals surface area contributed by atoms with E-state index in [0.717, 1.165) is 17.5 Å². The molecule has 1 unspecified atom stereocenters. The summed E-state index contributed by atoms with van der Waals surface area (Å²) in [5.41, 5.74) is 7.19. The SMILES string of the molecule is O=CC1NNc2cc(O)ccc21. The van der Waals surface area contributed by atoms with E-state index in [9.17, 15) is 4.79 Å². The Morgan fingerprint density at radius 2 is 2.33 bits per heavy atom. The van der Waals surface area contributed by atoms with Crippen LogP contribution in [0.2, 0.25) is 0 Å². The van der Waals surface area contributed by atoms with Gasteiger partial charge in [-0.15, -0.1) is 0 Å². The van der Waals surface area contributed by atoms with Crippen LogP contribution >= 0.6 is 0 Å². The number of hydrogen-bond donors (Lipinski definition) is 3. The lowest BCUT2D eigenvalue weighted by molar-refractivity contribution is -0.109. The minimum Gasteiger partial charge on any atom is -0.508 e. The van der Waals surface area contributed by atoms with E-state index in [1.165, 1.54) is 0 Å². The predicted octanol–water partition coefficient (Wildman–Crippen LogP) is 0.562. The minimum atomic E-state index is -0.305. The summed E-state index contributed by atoms with van der Waals surface area (Å²) in [4.78, 5) is 10.5. The third-order valence-corrected chi connectivity index (χ3v) is 1.87. The Bertz CT molecular complexity index is 325. The zero-order valence-electron chi connectivity index (χ0n) is 6.24. The fourth-order valence-corrected chi connectivity index (χ4v) is 1.26. The average molecular weight is 164 g/mol. The number of phenolic OH excluding ortho intramolecular Hbond substituents is 1. The van der Waals surface area contributed by atoms with Gasteiger partial charge in [0.15, 0.2) is 0 Å². The molecule has 0 spiro atoms. The third-order valence-electron chi connectivity index (χ3n) is 1.87. The normalized spacial score (nSPS) is 19.8. The molecule has 4 heteroatoms. The number of carbonyl (C=O) groups is 1. The predicted molar refractivity (Wildman–Crippen MR) is 43.7 cm³/mol. The molecule has 2 rings (SSSR count). The molecule has 4 nitrogen and oxygen atoms in total. The lowest BCUT2D eigenvalue weighted by atomic mass is 10.1. The second-order valence-corrected chi connectivity index (χ2v) is 2.65. The molecule has 0 aliphatic carbocycles. The minimum absolute atomic E-state index is 0.189. The fraction of sp³-hybridized carbons (Fsp3) is 0.125. The molecule has 0 fully saturated rings. The summed E-state index contributed by atoms with van der Waals surface area (Å²) >= 11 is 0. The van der Waals surface area contributed by atoms with E-state index >= 15 is 0 Å². The van der Waals surface area contributed by atoms with Crippen molar-refractivity contribution in [1.29, 1.82) is 0 Å². The van der Waals surface area contributed by atoms with Crippen LogP contribution < -0.4 is 10.9 Å². The van der Waals surface area contributed by atoms with Gasteiger partial charge in [-0.1, -0.05) is 6.07 Å². The van der Waals surface area contributed by atoms with Crippen LogP contribution in [0.4, 0.5) is 5.69 Å². The van der Waals surface area contributed by atoms with Crippen LogP contribution in [0.1, 0.15) is 11.6 Å². The Kier molecular flexibility index (Phi) is 1.48. The van der Waals surface area contributed by atoms with Crippen LogP contribution in [-0.4, -0.2) is 11.4 Å². The maximum atomic E-state index is 10.5. The molecule has 1 aliphatic rings. The van der Waals surface area contributed by atoms with Crippen molar-refractivity contribution in [3.05, 3.63) is 23.8 Å². The van der Waals surface area contributed by atoms with E-state index in [0.29, 0.717) is 0 Å². The number of phenols is 1. The van der Waals surface area contributed by atoms with Crippen LogP contribution in [0.25, 0.3) is 0 Å². The summed E-state index contributed by atoms with van der Waals surface area (Å²) in [5, 5.41) is 9.10. The van der Waals surface area contributed by atoms with Gasteiger partial charge in [-0.05, 0) is 6.07 Å². The van der Waals surface area contributed by atoms with Crippen molar-refractivity contribution in [2.24, 2.45) is 0 Å². The summed E-state index contributed by atoms with van der Waals surface area (Å²) in [6.07, 6.45) is 0.815. The molecule has 1 aromatic rings. The molecule has 62 valence electrons. The van der Waals surface area contributed by atoms with Crippen LogP contribution in [0.5, 0.6) is 5.75 Å². The molecule has 1 heterocycles. The number of aldehydes is 1. The number of benzene rings is 1. The standard InChI is InChI=1S/C8H8N2O2/c11-4-8-6-2-1-5(12)3-7(6)9-10-8/h1-4,8-10,12H. The highest BCUT2D eigenvalue weighted by Crippen LogP contribution is 2.29. The fourth-order valence-electron chi connectivity index (χ4n) is 1.26. The van der Waals surface area contributed by atoms with E-state index in [4.69, 9.17) is 5.11 Å². The molecular formula is C8H8N2O2. The van der Waals surface area contributed by atoms with Crippen molar-refractivity contribution >= 4 is 12.0 Å². The van der Waals surface area contributed by atoms with Gasteiger partial charge in [0.05, 0.1) is 5.69 Å². The first-order valence-corrected chi connectivity index (χ1v) is 3.61. The van der Waals surface area contributed by atoms with Crippen LogP contribution in [-0.2, 0) is 4.79 Å². The number of carbonyl (C=O) groups excluding carboxylic acids is 1. The second-order valence-electron chi connectivity index (χ2n) is 2.65. The first-order chi connectivity index (χ1) is 5.81. The smallest absolute Gasteiger partial charge is 0.143 e. The highest BCUT2D eigenvalue weighted by molar-refractivity contribution is 5.72. The van der Waals surface area contributed by atoms with Gasteiger partial charge in [0.25, 0.3) is 0 Å². The number of rotatable bonds is 1. The van der Waals surface area contributed by atoms with Crippen molar-refractivity contribution in [1.82, 2.24) is 5.43 Å². The Labute approximate surface area is 69.2 Å². The van der Waals surface area contributed by atoms with Gasteiger partial charge >= 0.3 is 0 Å². The number of nitrogens with one attached hydrogen (secondary N) is 2. The lowest BCUT2D eigenvalue weighted by Gasteiger charge is -1.99. The van der Waals surface area contributed by atoms with Crippen LogP contribution in [0.15, 0.2) is 18.2 Å². The van der Waals surface area contributed by atoms with Crippen molar-refractivity contribution in [2.75, 3.05) is 5.43 Å². The van der Waals surface area contributed by atoms with Gasteiger partial charge in [-0.25, -0.2) is 5.43 Å². The molecule has 0 saturated carbocycles. The van der Waals surface area contributed by atoms with Gasteiger partial charge in [0, 0.05) is 11.6 Å². The summed E-state index contributed by atoms with van der Waals surface area (Å²) < 4.78 is 0. The molecule has 1 atom stereocenters. The zero-order chi connectivity index (χ0) is 8.55.